The van der Waals surface area contributed by atoms with Crippen molar-refractivity contribution in [3.05, 3.63) is 72.6 Å². The summed E-state index contributed by atoms with van der Waals surface area (Å²) in [6, 6.07) is 15.0. The Hall–Kier alpha value is -3.36. The summed E-state index contributed by atoms with van der Waals surface area (Å²) >= 11 is 0. The second-order valence-electron chi connectivity index (χ2n) is 9.89. The van der Waals surface area contributed by atoms with Crippen molar-refractivity contribution in [1.82, 2.24) is 4.98 Å². The Bertz CT molecular complexity index is 1420. The summed E-state index contributed by atoms with van der Waals surface area (Å²) in [5.41, 5.74) is 1.79. The van der Waals surface area contributed by atoms with Crippen LogP contribution in [-0.4, -0.2) is 38.4 Å². The minimum Gasteiger partial charge on any atom is -0.492 e. The van der Waals surface area contributed by atoms with Crippen molar-refractivity contribution < 1.29 is 27.0 Å². The smallest absolute Gasteiger partial charge is 0.342 e. The molecule has 0 aliphatic rings. The van der Waals surface area contributed by atoms with Gasteiger partial charge in [-0.05, 0) is 69.2 Å². The number of pyridine rings is 1. The summed E-state index contributed by atoms with van der Waals surface area (Å²) in [5, 5.41) is 1.44. The number of benzene rings is 2. The predicted molar refractivity (Wildman–Crippen MR) is 158 cm³/mol. The first-order chi connectivity index (χ1) is 19.1. The summed E-state index contributed by atoms with van der Waals surface area (Å²) in [7, 11) is -7.58. The van der Waals surface area contributed by atoms with Gasteiger partial charge in [0.2, 0.25) is 0 Å². The maximum Gasteiger partial charge on any atom is 0.342 e. The van der Waals surface area contributed by atoms with E-state index in [1.807, 2.05) is 12.1 Å². The summed E-state index contributed by atoms with van der Waals surface area (Å²) in [6.45, 7) is 7.80. The first-order valence-corrected chi connectivity index (χ1v) is 16.0. The van der Waals surface area contributed by atoms with E-state index < -0.39 is 23.0 Å². The van der Waals surface area contributed by atoms with Crippen molar-refractivity contribution in [3.8, 4) is 11.5 Å². The summed E-state index contributed by atoms with van der Waals surface area (Å²) < 4.78 is 66.0. The fraction of sp³-hybridized carbons (Fsp3) is 0.414. The number of hydrogen-bond acceptors (Lipinski definition) is 8. The van der Waals surface area contributed by atoms with Gasteiger partial charge in [0.05, 0.1) is 12.3 Å². The molecule has 3 rings (SSSR count). The third kappa shape index (κ3) is 8.08. The number of rotatable bonds is 16. The third-order valence-electron chi connectivity index (χ3n) is 6.22. The van der Waals surface area contributed by atoms with Crippen LogP contribution >= 0.6 is 7.68 Å². The number of ether oxygens (including phenoxy) is 2. The van der Waals surface area contributed by atoms with Crippen LogP contribution in [0.1, 0.15) is 52.0 Å². The summed E-state index contributed by atoms with van der Waals surface area (Å²) in [4.78, 5) is 3.89. The zero-order valence-electron chi connectivity index (χ0n) is 23.5. The number of nitrogens with zero attached hydrogens (tertiary/aromatic N) is 2. The van der Waals surface area contributed by atoms with Crippen molar-refractivity contribution >= 4 is 29.1 Å². The van der Waals surface area contributed by atoms with Crippen LogP contribution in [0.2, 0.25) is 0 Å². The van der Waals surface area contributed by atoms with Gasteiger partial charge < -0.3 is 14.8 Å². The van der Waals surface area contributed by atoms with Crippen LogP contribution in [0.4, 0.5) is 11.4 Å². The van der Waals surface area contributed by atoms with Crippen molar-refractivity contribution in [1.29, 1.82) is 0 Å². The fourth-order valence-corrected chi connectivity index (χ4v) is 6.76. The van der Waals surface area contributed by atoms with Crippen molar-refractivity contribution in [2.45, 2.75) is 63.6 Å². The number of sulfonamides is 1. The largest absolute Gasteiger partial charge is 0.492 e. The zero-order valence-corrected chi connectivity index (χ0v) is 25.2. The van der Waals surface area contributed by atoms with Gasteiger partial charge in [0, 0.05) is 30.7 Å². The number of aryl methyl sites for hydroxylation is 1. The molecule has 0 aliphatic heterocycles. The molecule has 1 heterocycles. The lowest BCUT2D eigenvalue weighted by molar-refractivity contribution is 0.297. The third-order valence-corrected chi connectivity index (χ3v) is 9.49. The van der Waals surface area contributed by atoms with E-state index in [1.54, 1.807) is 55.7 Å². The molecule has 11 heteroatoms. The lowest BCUT2D eigenvalue weighted by Gasteiger charge is -2.34. The summed E-state index contributed by atoms with van der Waals surface area (Å²) in [6.07, 6.45) is 7.28. The molecule has 3 aromatic rings. The van der Waals surface area contributed by atoms with Crippen LogP contribution < -0.4 is 19.1 Å². The van der Waals surface area contributed by atoms with E-state index in [9.17, 15) is 17.5 Å². The number of hydrogen-bond donors (Lipinski definition) is 1. The zero-order chi connectivity index (χ0) is 29.2. The van der Waals surface area contributed by atoms with Gasteiger partial charge in [0.1, 0.15) is 23.0 Å². The average Bonchev–Trinajstić information content (AvgIpc) is 2.91. The second kappa shape index (κ2) is 14.3. The Balaban J connectivity index is 1.92. The highest BCUT2D eigenvalue weighted by Crippen LogP contribution is 2.43. The van der Waals surface area contributed by atoms with Gasteiger partial charge in [-0.1, -0.05) is 38.3 Å². The molecule has 1 aromatic heterocycles. The molecule has 0 saturated heterocycles. The highest BCUT2D eigenvalue weighted by atomic mass is 32.2. The Morgan fingerprint density at radius 1 is 0.950 bits per heavy atom. The Kier molecular flexibility index (Phi) is 11.2. The molecule has 0 bridgehead atoms. The number of anilines is 2. The van der Waals surface area contributed by atoms with Crippen LogP contribution in [0.15, 0.2) is 71.9 Å². The lowest BCUT2D eigenvalue weighted by atomic mass is 10.2. The molecule has 0 atom stereocenters. The first-order valence-electron chi connectivity index (χ1n) is 13.4. The lowest BCUT2D eigenvalue weighted by Crippen LogP contribution is -2.45. The van der Waals surface area contributed by atoms with Gasteiger partial charge in [0.15, 0.2) is 5.28 Å². The van der Waals surface area contributed by atoms with Crippen LogP contribution in [0.3, 0.4) is 0 Å². The quantitative estimate of drug-likeness (QED) is 0.142. The number of nitrogens with one attached hydrogen (secondary N) is 1. The van der Waals surface area contributed by atoms with Gasteiger partial charge in [-0.2, -0.15) is 0 Å². The monoisotopic (exact) mass is 587 g/mol. The molecule has 9 nitrogen and oxygen atoms in total. The Labute approximate surface area is 237 Å². The highest BCUT2D eigenvalue weighted by Gasteiger charge is 2.43. The molecule has 0 fully saturated rings. The number of aromatic nitrogens is 1. The van der Waals surface area contributed by atoms with Gasteiger partial charge in [0.25, 0.3) is 10.0 Å². The standard InChI is InChI=1S/C29H38N3O6PS/c1-5-6-7-10-18-38-27-11-8-9-12-28(27)40(35,36)32(29(3,4)39(33)34)25-20-23(2)21-26(22-25)37-19-17-31-24-13-15-30-16-14-24/h8-9,11-16,20-22H,5-7,10,17-19H2,1-4H3,(H,30,31). The van der Waals surface area contributed by atoms with E-state index in [4.69, 9.17) is 9.47 Å². The predicted octanol–water partition coefficient (Wildman–Crippen LogP) is 6.94. The van der Waals surface area contributed by atoms with Crippen LogP contribution in [-0.2, 0) is 19.2 Å². The summed E-state index contributed by atoms with van der Waals surface area (Å²) in [5.74, 6) is 0.608. The van der Waals surface area contributed by atoms with E-state index in [1.165, 1.54) is 19.9 Å². The van der Waals surface area contributed by atoms with E-state index >= 15 is 0 Å². The molecule has 0 amide bonds. The maximum atomic E-state index is 14.2. The Morgan fingerprint density at radius 3 is 2.38 bits per heavy atom. The molecule has 1 N–H and O–H groups in total. The van der Waals surface area contributed by atoms with Crippen LogP contribution in [0, 0.1) is 6.92 Å². The van der Waals surface area contributed by atoms with Crippen LogP contribution in [0.5, 0.6) is 11.5 Å². The molecular formula is C29H38N3O6PS. The van der Waals surface area contributed by atoms with Crippen LogP contribution in [0.25, 0.3) is 0 Å². The van der Waals surface area contributed by atoms with Gasteiger partial charge in [-0.3, -0.25) is 4.98 Å². The van der Waals surface area contributed by atoms with E-state index in [0.29, 0.717) is 31.1 Å². The van der Waals surface area contributed by atoms with Crippen molar-refractivity contribution in [2.75, 3.05) is 29.4 Å². The minimum absolute atomic E-state index is 0.0964. The molecular weight excluding hydrogens is 549 g/mol. The van der Waals surface area contributed by atoms with Gasteiger partial charge >= 0.3 is 7.68 Å². The molecule has 0 saturated carbocycles. The molecule has 40 heavy (non-hydrogen) atoms. The Morgan fingerprint density at radius 2 is 1.68 bits per heavy atom. The molecule has 2 aromatic carbocycles. The minimum atomic E-state index is -4.38. The molecule has 0 unspecified atom stereocenters. The SMILES string of the molecule is CCCCCCOc1ccccc1S(=O)(=O)N(c1cc(C)cc(OCCNc2ccncc2)c1)C(C)(C)P(=O)=O. The molecule has 216 valence electrons. The maximum absolute atomic E-state index is 14.2. The van der Waals surface area contributed by atoms with Gasteiger partial charge in [-0.15, -0.1) is 0 Å². The van der Waals surface area contributed by atoms with Crippen molar-refractivity contribution in [3.63, 3.8) is 0 Å². The first kappa shape index (κ1) is 31.2. The van der Waals surface area contributed by atoms with E-state index in [-0.39, 0.29) is 16.3 Å². The molecule has 0 radical (unpaired) electrons. The second-order valence-corrected chi connectivity index (χ2v) is 13.3. The van der Waals surface area contributed by atoms with Crippen molar-refractivity contribution in [2.24, 2.45) is 0 Å². The number of para-hydroxylation sites is 1. The fourth-order valence-electron chi connectivity index (χ4n) is 4.18. The highest BCUT2D eigenvalue weighted by molar-refractivity contribution is 7.93. The topological polar surface area (TPSA) is 115 Å². The van der Waals surface area contributed by atoms with E-state index in [0.717, 1.165) is 35.7 Å². The molecule has 0 aliphatic carbocycles. The average molecular weight is 588 g/mol. The van der Waals surface area contributed by atoms with Gasteiger partial charge in [-0.25, -0.2) is 21.9 Å². The normalized spacial score (nSPS) is 11.6. The molecule has 0 spiro atoms. The van der Waals surface area contributed by atoms with E-state index in [2.05, 4.69) is 17.2 Å². The number of unbranched alkanes of at least 4 members (excludes halogenated alkanes) is 3.